The summed E-state index contributed by atoms with van der Waals surface area (Å²) in [4.78, 5) is 26.6. The number of rotatable bonds is 3. The van der Waals surface area contributed by atoms with Crippen LogP contribution in [0.2, 0.25) is 0 Å². The molecule has 0 spiro atoms. The molecule has 2 rings (SSSR count). The Kier molecular flexibility index (Phi) is 4.26. The van der Waals surface area contributed by atoms with Gasteiger partial charge in [-0.2, -0.15) is 0 Å². The highest BCUT2D eigenvalue weighted by atomic mass is 16.2. The number of carbonyl (C=O) groups excluding carboxylic acids is 2. The van der Waals surface area contributed by atoms with Gasteiger partial charge < -0.3 is 4.90 Å². The smallest absolute Gasteiger partial charge is 0.237 e. The molecule has 1 atom stereocenters. The van der Waals surface area contributed by atoms with Crippen LogP contribution in [0, 0.1) is 25.7 Å². The van der Waals surface area contributed by atoms with Crippen molar-refractivity contribution < 1.29 is 9.59 Å². The van der Waals surface area contributed by atoms with Crippen LogP contribution in [0.25, 0.3) is 0 Å². The Labute approximate surface area is 121 Å². The fraction of sp³-hybridized carbons (Fsp3) is 0.529. The lowest BCUT2D eigenvalue weighted by Crippen LogP contribution is -2.45. The Hall–Kier alpha value is -1.64. The molecule has 1 amide bonds. The van der Waals surface area contributed by atoms with E-state index in [1.54, 1.807) is 4.90 Å². The maximum Gasteiger partial charge on any atom is 0.237 e. The Morgan fingerprint density at radius 2 is 2.00 bits per heavy atom. The first-order valence-corrected chi connectivity index (χ1v) is 7.34. The number of piperidine rings is 1. The van der Waals surface area contributed by atoms with Crippen molar-refractivity contribution in [2.45, 2.75) is 40.5 Å². The summed E-state index contributed by atoms with van der Waals surface area (Å²) in [6, 6.07) is 5.99. The quantitative estimate of drug-likeness (QED) is 0.793. The first kappa shape index (κ1) is 14.8. The molecule has 1 aliphatic rings. The fourth-order valence-electron chi connectivity index (χ4n) is 2.81. The number of ketones is 1. The number of benzene rings is 1. The van der Waals surface area contributed by atoms with E-state index in [1.807, 2.05) is 45.9 Å². The lowest BCUT2D eigenvalue weighted by molar-refractivity contribution is -0.135. The molecule has 1 heterocycles. The van der Waals surface area contributed by atoms with E-state index < -0.39 is 5.92 Å². The van der Waals surface area contributed by atoms with Crippen molar-refractivity contribution in [2.75, 3.05) is 11.4 Å². The van der Waals surface area contributed by atoms with Crippen molar-refractivity contribution in [1.82, 2.24) is 0 Å². The van der Waals surface area contributed by atoms with Gasteiger partial charge in [0.15, 0.2) is 0 Å². The molecule has 3 heteroatoms. The summed E-state index contributed by atoms with van der Waals surface area (Å²) in [5.41, 5.74) is 3.25. The second-order valence-corrected chi connectivity index (χ2v) is 5.96. The van der Waals surface area contributed by atoms with Crippen LogP contribution in [0.3, 0.4) is 0 Å². The van der Waals surface area contributed by atoms with Gasteiger partial charge in [-0.3, -0.25) is 9.59 Å². The number of Topliss-reactive ketones (excluding diaryl/α,β-unsaturated/α-hetero) is 1. The summed E-state index contributed by atoms with van der Waals surface area (Å²) in [5, 5.41) is 0. The molecule has 0 bridgehead atoms. The van der Waals surface area contributed by atoms with Crippen molar-refractivity contribution in [2.24, 2.45) is 11.8 Å². The zero-order valence-electron chi connectivity index (χ0n) is 12.8. The minimum atomic E-state index is -0.455. The number of nitrogens with zero attached hydrogens (tertiary/aromatic N) is 1. The molecule has 1 saturated heterocycles. The minimum absolute atomic E-state index is 0.0244. The fourth-order valence-corrected chi connectivity index (χ4v) is 2.81. The highest BCUT2D eigenvalue weighted by molar-refractivity contribution is 6.09. The van der Waals surface area contributed by atoms with E-state index in [0.717, 1.165) is 17.7 Å². The number of aryl methyl sites for hydroxylation is 1. The van der Waals surface area contributed by atoms with Crippen molar-refractivity contribution in [3.8, 4) is 0 Å². The third kappa shape index (κ3) is 2.62. The normalized spacial score (nSPS) is 19.6. The second-order valence-electron chi connectivity index (χ2n) is 5.96. The molecule has 0 aliphatic carbocycles. The Balaban J connectivity index is 2.31. The van der Waals surface area contributed by atoms with Gasteiger partial charge in [0.05, 0.1) is 5.92 Å². The van der Waals surface area contributed by atoms with E-state index in [1.165, 1.54) is 5.56 Å². The molecule has 0 radical (unpaired) electrons. The SMILES string of the molecule is Cc1cccc(N2CCC[C@H](C(=O)C(C)C)C2=O)c1C. The van der Waals surface area contributed by atoms with E-state index in [9.17, 15) is 9.59 Å². The Bertz CT molecular complexity index is 534. The van der Waals surface area contributed by atoms with Crippen molar-refractivity contribution in [1.29, 1.82) is 0 Å². The summed E-state index contributed by atoms with van der Waals surface area (Å²) >= 11 is 0. The molecule has 0 aromatic heterocycles. The molecule has 0 unspecified atom stereocenters. The minimum Gasteiger partial charge on any atom is -0.312 e. The van der Waals surface area contributed by atoms with Crippen molar-refractivity contribution in [3.63, 3.8) is 0 Å². The Morgan fingerprint density at radius 1 is 1.30 bits per heavy atom. The molecular formula is C17H23NO2. The van der Waals surface area contributed by atoms with Gasteiger partial charge in [-0.05, 0) is 43.9 Å². The van der Waals surface area contributed by atoms with Crippen LogP contribution in [0.5, 0.6) is 0 Å². The van der Waals surface area contributed by atoms with Crippen LogP contribution in [0.1, 0.15) is 37.8 Å². The summed E-state index contributed by atoms with van der Waals surface area (Å²) < 4.78 is 0. The summed E-state index contributed by atoms with van der Waals surface area (Å²) in [6.45, 7) is 8.53. The number of amides is 1. The molecule has 1 aliphatic heterocycles. The monoisotopic (exact) mass is 273 g/mol. The van der Waals surface area contributed by atoms with Crippen LogP contribution >= 0.6 is 0 Å². The van der Waals surface area contributed by atoms with Gasteiger partial charge in [-0.1, -0.05) is 26.0 Å². The molecule has 0 saturated carbocycles. The van der Waals surface area contributed by atoms with Gasteiger partial charge in [-0.15, -0.1) is 0 Å². The highest BCUT2D eigenvalue weighted by Gasteiger charge is 2.35. The molecule has 1 fully saturated rings. The number of hydrogen-bond acceptors (Lipinski definition) is 2. The molecular weight excluding hydrogens is 250 g/mol. The zero-order valence-corrected chi connectivity index (χ0v) is 12.8. The molecule has 1 aromatic rings. The third-order valence-corrected chi connectivity index (χ3v) is 4.22. The third-order valence-electron chi connectivity index (χ3n) is 4.22. The average Bonchev–Trinajstić information content (AvgIpc) is 2.42. The van der Waals surface area contributed by atoms with Gasteiger partial charge in [0.25, 0.3) is 0 Å². The van der Waals surface area contributed by atoms with Crippen LogP contribution in [-0.2, 0) is 9.59 Å². The van der Waals surface area contributed by atoms with Gasteiger partial charge in [0, 0.05) is 18.2 Å². The lowest BCUT2D eigenvalue weighted by atomic mass is 9.87. The lowest BCUT2D eigenvalue weighted by Gasteiger charge is -2.33. The molecule has 0 N–H and O–H groups in total. The van der Waals surface area contributed by atoms with Gasteiger partial charge in [0.1, 0.15) is 5.78 Å². The predicted octanol–water partition coefficient (Wildman–Crippen LogP) is 3.27. The maximum absolute atomic E-state index is 12.6. The van der Waals surface area contributed by atoms with Crippen LogP contribution < -0.4 is 4.90 Å². The molecule has 1 aromatic carbocycles. The standard InChI is InChI=1S/C17H23NO2/c1-11(2)16(19)14-8-6-10-18(17(14)20)15-9-5-7-12(3)13(15)4/h5,7,9,11,14H,6,8,10H2,1-4H3/t14-/m1/s1. The molecule has 108 valence electrons. The largest absolute Gasteiger partial charge is 0.312 e. The Morgan fingerprint density at radius 3 is 2.65 bits per heavy atom. The van der Waals surface area contributed by atoms with Crippen molar-refractivity contribution >= 4 is 17.4 Å². The van der Waals surface area contributed by atoms with E-state index in [0.29, 0.717) is 13.0 Å². The zero-order chi connectivity index (χ0) is 14.9. The van der Waals surface area contributed by atoms with E-state index in [2.05, 4.69) is 0 Å². The summed E-state index contributed by atoms with van der Waals surface area (Å²) in [7, 11) is 0. The van der Waals surface area contributed by atoms with E-state index in [-0.39, 0.29) is 17.6 Å². The van der Waals surface area contributed by atoms with Crippen LogP contribution in [0.4, 0.5) is 5.69 Å². The van der Waals surface area contributed by atoms with Crippen molar-refractivity contribution in [3.05, 3.63) is 29.3 Å². The van der Waals surface area contributed by atoms with Gasteiger partial charge >= 0.3 is 0 Å². The van der Waals surface area contributed by atoms with Gasteiger partial charge in [0.2, 0.25) is 5.91 Å². The molecule has 3 nitrogen and oxygen atoms in total. The highest BCUT2D eigenvalue weighted by Crippen LogP contribution is 2.30. The number of anilines is 1. The number of carbonyl (C=O) groups is 2. The van der Waals surface area contributed by atoms with E-state index in [4.69, 9.17) is 0 Å². The van der Waals surface area contributed by atoms with E-state index >= 15 is 0 Å². The topological polar surface area (TPSA) is 37.4 Å². The van der Waals surface area contributed by atoms with Crippen LogP contribution in [0.15, 0.2) is 18.2 Å². The predicted molar refractivity (Wildman–Crippen MR) is 80.8 cm³/mol. The van der Waals surface area contributed by atoms with Crippen LogP contribution in [-0.4, -0.2) is 18.2 Å². The van der Waals surface area contributed by atoms with Gasteiger partial charge in [-0.25, -0.2) is 0 Å². The average molecular weight is 273 g/mol. The number of hydrogen-bond donors (Lipinski definition) is 0. The first-order chi connectivity index (χ1) is 9.43. The second kappa shape index (κ2) is 5.78. The summed E-state index contributed by atoms with van der Waals surface area (Å²) in [5.74, 6) is -0.486. The summed E-state index contributed by atoms with van der Waals surface area (Å²) in [6.07, 6.45) is 1.58. The molecule has 20 heavy (non-hydrogen) atoms. The first-order valence-electron chi connectivity index (χ1n) is 7.34. The maximum atomic E-state index is 12.6.